The lowest BCUT2D eigenvalue weighted by atomic mass is 10.1. The number of nitrogens with one attached hydrogen (secondary N) is 3. The van der Waals surface area contributed by atoms with E-state index in [2.05, 4.69) is 108 Å². The zero-order valence-corrected chi connectivity index (χ0v) is 43.4. The van der Waals surface area contributed by atoms with Gasteiger partial charge in [-0.2, -0.15) is 0 Å². The number of hydrogen-bond donors (Lipinski definition) is 3. The number of piperazine rings is 2. The van der Waals surface area contributed by atoms with Gasteiger partial charge < -0.3 is 29.7 Å². The maximum absolute atomic E-state index is 13.2. The lowest BCUT2D eigenvalue weighted by Gasteiger charge is -2.39. The molecule has 2 aliphatic rings. The number of fused-ring (bicyclic) bond motifs is 2. The molecule has 75 heavy (non-hydrogen) atoms. The van der Waals surface area contributed by atoms with Crippen molar-refractivity contribution in [1.29, 1.82) is 0 Å². The first-order chi connectivity index (χ1) is 36.6. The Hall–Kier alpha value is -7.49. The van der Waals surface area contributed by atoms with Gasteiger partial charge in [-0.1, -0.05) is 123 Å². The fourth-order valence-corrected chi connectivity index (χ4v) is 9.39. The van der Waals surface area contributed by atoms with Crippen LogP contribution in [0.1, 0.15) is 76.1 Å². The van der Waals surface area contributed by atoms with E-state index in [0.29, 0.717) is 56.1 Å². The Morgan fingerprint density at radius 1 is 0.573 bits per heavy atom. The zero-order chi connectivity index (χ0) is 52.4. The summed E-state index contributed by atoms with van der Waals surface area (Å²) >= 11 is 4.95. The lowest BCUT2D eigenvalue weighted by molar-refractivity contribution is -0.119. The second-order valence-corrected chi connectivity index (χ2v) is 18.9. The van der Waals surface area contributed by atoms with Crippen LogP contribution in [-0.4, -0.2) is 110 Å². The summed E-state index contributed by atoms with van der Waals surface area (Å²) in [6, 6.07) is 47.2. The average molecular weight is 1030 g/mol. The third kappa shape index (κ3) is 15.5. The summed E-state index contributed by atoms with van der Waals surface area (Å²) in [6.45, 7) is 10.4. The first-order valence-electron chi connectivity index (χ1n) is 25.9. The van der Waals surface area contributed by atoms with Crippen molar-refractivity contribution in [2.45, 2.75) is 64.5 Å². The SMILES string of the molecule is CCC(=O)CCCN1CCN(C(=O)Oc2ccccc2)C(c2ncc(-c3ccc4ccccc4c3)[nH]2)C1.CCC(=O)CCCN1CCNC(c2ncc(-c3ccc4ccccc4c3)[nH]2)C1.O=C(Cl)Oc1ccccc1. The van der Waals surface area contributed by atoms with Gasteiger partial charge in [-0.25, -0.2) is 19.6 Å². The number of ketones is 2. The second-order valence-electron chi connectivity index (χ2n) is 18.6. The summed E-state index contributed by atoms with van der Waals surface area (Å²) < 4.78 is 10.2. The summed E-state index contributed by atoms with van der Waals surface area (Å²) in [5.41, 5.74) is 3.34. The van der Waals surface area contributed by atoms with Gasteiger partial charge in [0.05, 0.1) is 29.8 Å². The normalized spacial score (nSPS) is 15.8. The average Bonchev–Trinajstić information content (AvgIpc) is 4.16. The van der Waals surface area contributed by atoms with E-state index < -0.39 is 5.43 Å². The number of benzene rings is 6. The van der Waals surface area contributed by atoms with Crippen molar-refractivity contribution in [2.75, 3.05) is 52.4 Å². The molecule has 14 nitrogen and oxygen atoms in total. The molecule has 0 radical (unpaired) electrons. The number of halogens is 1. The number of aromatic nitrogens is 4. The van der Waals surface area contributed by atoms with Gasteiger partial charge in [0.15, 0.2) is 0 Å². The van der Waals surface area contributed by atoms with E-state index in [0.717, 1.165) is 91.7 Å². The highest BCUT2D eigenvalue weighted by Crippen LogP contribution is 2.30. The maximum Gasteiger partial charge on any atom is 0.415 e. The summed E-state index contributed by atoms with van der Waals surface area (Å²) in [5.74, 6) is 3.33. The molecule has 15 heteroatoms. The van der Waals surface area contributed by atoms with Crippen molar-refractivity contribution in [3.8, 4) is 34.0 Å². The number of Topliss-reactive ketones (excluding diaryl/α,β-unsaturated/α-hetero) is 2. The number of carbonyl (C=O) groups is 4. The van der Waals surface area contributed by atoms with Gasteiger partial charge in [-0.3, -0.25) is 19.4 Å². The molecule has 2 atom stereocenters. The first kappa shape index (κ1) is 53.8. The highest BCUT2D eigenvalue weighted by atomic mass is 35.5. The van der Waals surface area contributed by atoms with Crippen molar-refractivity contribution in [3.05, 3.63) is 170 Å². The third-order valence-corrected chi connectivity index (χ3v) is 13.5. The fourth-order valence-electron chi connectivity index (χ4n) is 9.30. The number of ether oxygens (including phenoxy) is 2. The molecule has 0 aliphatic carbocycles. The van der Waals surface area contributed by atoms with E-state index in [1.165, 1.54) is 16.2 Å². The van der Waals surface area contributed by atoms with Crippen LogP contribution >= 0.6 is 11.6 Å². The quantitative estimate of drug-likeness (QED) is 0.0789. The molecule has 10 rings (SSSR count). The van der Waals surface area contributed by atoms with Gasteiger partial charge in [-0.05, 0) is 83.9 Å². The largest absolute Gasteiger partial charge is 0.415 e. The van der Waals surface area contributed by atoms with Crippen LogP contribution in [-0.2, 0) is 9.59 Å². The Labute approximate surface area is 443 Å². The molecule has 6 aromatic carbocycles. The Kier molecular flexibility index (Phi) is 19.5. The number of imidazole rings is 2. The molecule has 2 saturated heterocycles. The third-order valence-electron chi connectivity index (χ3n) is 13.5. The molecule has 4 heterocycles. The van der Waals surface area contributed by atoms with Crippen LogP contribution in [0.15, 0.2) is 158 Å². The summed E-state index contributed by atoms with van der Waals surface area (Å²) in [7, 11) is 0. The van der Waals surface area contributed by atoms with E-state index in [1.807, 2.05) is 62.6 Å². The fraction of sp³-hybridized carbons (Fsp3) is 0.300. The smallest absolute Gasteiger partial charge is 0.415 e. The highest BCUT2D eigenvalue weighted by Gasteiger charge is 2.35. The molecule has 2 fully saturated rings. The molecule has 1 amide bonds. The van der Waals surface area contributed by atoms with Crippen molar-refractivity contribution in [3.63, 3.8) is 0 Å². The van der Waals surface area contributed by atoms with Crippen LogP contribution in [0.3, 0.4) is 0 Å². The van der Waals surface area contributed by atoms with Crippen LogP contribution < -0.4 is 14.8 Å². The monoisotopic (exact) mass is 1030 g/mol. The topological polar surface area (TPSA) is 166 Å². The molecule has 0 saturated carbocycles. The molecule has 2 unspecified atom stereocenters. The zero-order valence-electron chi connectivity index (χ0n) is 42.6. The van der Waals surface area contributed by atoms with Crippen LogP contribution in [0.5, 0.6) is 11.5 Å². The summed E-state index contributed by atoms with van der Waals surface area (Å²) in [6.07, 6.45) is 7.63. The standard InChI is InChI=1S/C30H32N4O3.C23H28N4O.C7H5ClO2/c1-2-25(35)11-8-16-33-17-18-34(30(36)37-26-12-4-3-5-13-26)28(21-33)29-31-20-27(32-29)24-15-14-22-9-6-7-10-23(22)19-24;1-2-20(28)8-5-12-27-13-11-24-22(16-27)23-25-15-21(26-23)19-10-9-17-6-3-4-7-18(17)14-19;8-7(9)10-6-4-2-1-3-5-6/h3-7,9-10,12-15,19-20,28H,2,8,11,16-18,21H2,1H3,(H,31,32);3-4,6-7,9-10,14-15,22,24H,2,5,8,11-13,16H2,1H3,(H,25,26);1-5H. The van der Waals surface area contributed by atoms with E-state index in [-0.39, 0.29) is 24.0 Å². The number of para-hydroxylation sites is 2. The van der Waals surface area contributed by atoms with Gasteiger partial charge in [0, 0.05) is 87.7 Å². The van der Waals surface area contributed by atoms with Crippen LogP contribution in [0, 0.1) is 0 Å². The number of nitrogens with zero attached hydrogens (tertiary/aromatic N) is 5. The highest BCUT2D eigenvalue weighted by molar-refractivity contribution is 6.61. The Balaban J connectivity index is 0.000000172. The minimum Gasteiger partial charge on any atom is -0.415 e. The minimum absolute atomic E-state index is 0.199. The van der Waals surface area contributed by atoms with Crippen LogP contribution in [0.25, 0.3) is 44.1 Å². The number of carbonyl (C=O) groups excluding carboxylic acids is 4. The molecule has 8 aromatic rings. The second kappa shape index (κ2) is 27.2. The lowest BCUT2D eigenvalue weighted by Crippen LogP contribution is -2.51. The van der Waals surface area contributed by atoms with Crippen molar-refractivity contribution >= 4 is 56.2 Å². The molecule has 2 aliphatic heterocycles. The maximum atomic E-state index is 13.2. The molecular weight excluding hydrogens is 964 g/mol. The molecular formula is C60H65ClN8O6. The Bertz CT molecular complexity index is 3130. The molecule has 388 valence electrons. The molecule has 0 spiro atoms. The number of rotatable bonds is 16. The summed E-state index contributed by atoms with van der Waals surface area (Å²) in [5, 5.41) is 8.40. The van der Waals surface area contributed by atoms with Gasteiger partial charge in [0.2, 0.25) is 0 Å². The number of H-pyrrole nitrogens is 2. The van der Waals surface area contributed by atoms with Crippen LogP contribution in [0.2, 0.25) is 0 Å². The number of hydrogen-bond acceptors (Lipinski definition) is 11. The first-order valence-corrected chi connectivity index (χ1v) is 26.3. The van der Waals surface area contributed by atoms with E-state index in [9.17, 15) is 19.2 Å². The van der Waals surface area contributed by atoms with E-state index in [4.69, 9.17) is 21.3 Å². The van der Waals surface area contributed by atoms with Crippen molar-refractivity contribution in [1.82, 2.24) is 40.0 Å². The van der Waals surface area contributed by atoms with Crippen LogP contribution in [0.4, 0.5) is 9.59 Å². The number of aromatic amines is 2. The van der Waals surface area contributed by atoms with E-state index >= 15 is 0 Å². The minimum atomic E-state index is -0.814. The Morgan fingerprint density at radius 3 is 1.61 bits per heavy atom. The van der Waals surface area contributed by atoms with Gasteiger partial charge in [0.1, 0.15) is 40.8 Å². The van der Waals surface area contributed by atoms with Crippen molar-refractivity contribution in [2.24, 2.45) is 0 Å². The predicted octanol–water partition coefficient (Wildman–Crippen LogP) is 12.2. The molecule has 3 N–H and O–H groups in total. The molecule has 2 aromatic heterocycles. The molecule has 0 bridgehead atoms. The number of amides is 1. The van der Waals surface area contributed by atoms with Gasteiger partial charge in [0.25, 0.3) is 0 Å². The summed E-state index contributed by atoms with van der Waals surface area (Å²) in [4.78, 5) is 69.5. The van der Waals surface area contributed by atoms with Gasteiger partial charge in [-0.15, -0.1) is 0 Å². The Morgan fingerprint density at radius 2 is 1.07 bits per heavy atom. The van der Waals surface area contributed by atoms with Gasteiger partial charge >= 0.3 is 11.5 Å². The van der Waals surface area contributed by atoms with Crippen molar-refractivity contribution < 1.29 is 28.7 Å². The van der Waals surface area contributed by atoms with E-state index in [1.54, 1.807) is 41.3 Å². The predicted molar refractivity (Wildman–Crippen MR) is 296 cm³/mol.